The predicted octanol–water partition coefficient (Wildman–Crippen LogP) is 5.93. The Kier molecular flexibility index (Phi) is 10.4. The molecule has 202 valence electrons. The highest BCUT2D eigenvalue weighted by molar-refractivity contribution is 7.92. The van der Waals surface area contributed by atoms with Gasteiger partial charge in [0.1, 0.15) is 12.6 Å². The van der Waals surface area contributed by atoms with Gasteiger partial charge in [0.2, 0.25) is 21.8 Å². The van der Waals surface area contributed by atoms with Gasteiger partial charge in [-0.3, -0.25) is 13.9 Å². The monoisotopic (exact) mass is 607 g/mol. The van der Waals surface area contributed by atoms with Crippen molar-refractivity contribution in [2.45, 2.75) is 57.7 Å². The van der Waals surface area contributed by atoms with Crippen LogP contribution in [0.4, 0.5) is 5.69 Å². The lowest BCUT2D eigenvalue weighted by Gasteiger charge is -2.33. The summed E-state index contributed by atoms with van der Waals surface area (Å²) in [5, 5.41) is 4.16. The average molecular weight is 609 g/mol. The number of anilines is 1. The van der Waals surface area contributed by atoms with E-state index in [4.69, 9.17) is 46.4 Å². The van der Waals surface area contributed by atoms with E-state index in [0.29, 0.717) is 22.0 Å². The first-order valence-corrected chi connectivity index (χ1v) is 15.2. The highest BCUT2D eigenvalue weighted by atomic mass is 35.5. The Bertz CT molecular complexity index is 1230. The zero-order valence-corrected chi connectivity index (χ0v) is 24.4. The first kappa shape index (κ1) is 29.8. The number of benzene rings is 2. The number of sulfonamides is 1. The molecule has 1 aliphatic rings. The van der Waals surface area contributed by atoms with E-state index in [0.717, 1.165) is 36.2 Å². The second kappa shape index (κ2) is 12.9. The highest BCUT2D eigenvalue weighted by Crippen LogP contribution is 2.28. The quantitative estimate of drug-likeness (QED) is 0.362. The maximum absolute atomic E-state index is 13.8. The number of halogens is 4. The Morgan fingerprint density at radius 1 is 1.00 bits per heavy atom. The lowest BCUT2D eigenvalue weighted by Crippen LogP contribution is -2.53. The molecule has 0 bridgehead atoms. The third-order valence-electron chi connectivity index (χ3n) is 6.24. The Hall–Kier alpha value is -1.71. The number of rotatable bonds is 10. The summed E-state index contributed by atoms with van der Waals surface area (Å²) >= 11 is 24.4. The van der Waals surface area contributed by atoms with Gasteiger partial charge in [0.25, 0.3) is 0 Å². The molecule has 2 amide bonds. The Morgan fingerprint density at radius 2 is 1.62 bits per heavy atom. The van der Waals surface area contributed by atoms with Gasteiger partial charge in [0.15, 0.2) is 0 Å². The van der Waals surface area contributed by atoms with Gasteiger partial charge in [-0.2, -0.15) is 0 Å². The van der Waals surface area contributed by atoms with Crippen molar-refractivity contribution >= 4 is 73.9 Å². The molecule has 2 aromatic rings. The second-order valence-electron chi connectivity index (χ2n) is 9.08. The van der Waals surface area contributed by atoms with Crippen molar-refractivity contribution in [2.24, 2.45) is 0 Å². The number of carbonyl (C=O) groups is 2. The Labute approximate surface area is 238 Å². The van der Waals surface area contributed by atoms with Crippen molar-refractivity contribution in [3.8, 4) is 0 Å². The predicted molar refractivity (Wildman–Crippen MR) is 150 cm³/mol. The van der Waals surface area contributed by atoms with Crippen molar-refractivity contribution in [1.29, 1.82) is 0 Å². The van der Waals surface area contributed by atoms with Crippen LogP contribution in [0.1, 0.15) is 44.6 Å². The Morgan fingerprint density at radius 3 is 2.16 bits per heavy atom. The lowest BCUT2D eigenvalue weighted by molar-refractivity contribution is -0.140. The standard InChI is InChI=1S/C25H29Cl4N3O4S/c1-3-23(25(34)30-19-6-4-5-7-19)31(14-16-8-9-21(28)22(29)10-16)24(33)15-32(37(2,35)36)20-12-17(26)11-18(27)13-20/h8-13,19,23H,3-7,14-15H2,1-2H3,(H,30,34). The van der Waals surface area contributed by atoms with Crippen LogP contribution in [0, 0.1) is 0 Å². The minimum Gasteiger partial charge on any atom is -0.352 e. The van der Waals surface area contributed by atoms with Crippen molar-refractivity contribution < 1.29 is 18.0 Å². The van der Waals surface area contributed by atoms with Gasteiger partial charge in [-0.25, -0.2) is 8.42 Å². The number of nitrogens with zero attached hydrogens (tertiary/aromatic N) is 2. The van der Waals surface area contributed by atoms with Gasteiger partial charge in [-0.1, -0.05) is 72.2 Å². The molecule has 1 atom stereocenters. The molecular formula is C25H29Cl4N3O4S. The maximum atomic E-state index is 13.8. The molecule has 0 aliphatic heterocycles. The fourth-order valence-corrected chi connectivity index (χ4v) is 6.09. The van der Waals surface area contributed by atoms with Crippen LogP contribution in [0.3, 0.4) is 0 Å². The van der Waals surface area contributed by atoms with Crippen LogP contribution >= 0.6 is 46.4 Å². The third-order valence-corrected chi connectivity index (χ3v) is 8.55. The summed E-state index contributed by atoms with van der Waals surface area (Å²) in [6, 6.07) is 8.46. The smallest absolute Gasteiger partial charge is 0.244 e. The van der Waals surface area contributed by atoms with E-state index in [9.17, 15) is 18.0 Å². The van der Waals surface area contributed by atoms with Crippen LogP contribution in [0.15, 0.2) is 36.4 Å². The van der Waals surface area contributed by atoms with E-state index in [-0.39, 0.29) is 34.2 Å². The average Bonchev–Trinajstić information content (AvgIpc) is 3.31. The Balaban J connectivity index is 1.96. The van der Waals surface area contributed by atoms with E-state index in [2.05, 4.69) is 5.32 Å². The van der Waals surface area contributed by atoms with E-state index in [1.54, 1.807) is 25.1 Å². The van der Waals surface area contributed by atoms with Crippen LogP contribution in [0.25, 0.3) is 0 Å². The van der Waals surface area contributed by atoms with Gasteiger partial charge in [-0.05, 0) is 55.2 Å². The molecule has 0 aromatic heterocycles. The largest absolute Gasteiger partial charge is 0.352 e. The summed E-state index contributed by atoms with van der Waals surface area (Å²) < 4.78 is 26.4. The van der Waals surface area contributed by atoms with Crippen LogP contribution in [0.5, 0.6) is 0 Å². The summed E-state index contributed by atoms with van der Waals surface area (Å²) in [4.78, 5) is 28.5. The van der Waals surface area contributed by atoms with Crippen molar-refractivity contribution in [3.05, 3.63) is 62.1 Å². The van der Waals surface area contributed by atoms with E-state index in [1.165, 1.54) is 23.1 Å². The van der Waals surface area contributed by atoms with Crippen molar-refractivity contribution in [2.75, 3.05) is 17.1 Å². The summed E-state index contributed by atoms with van der Waals surface area (Å²) in [5.74, 6) is -0.847. The molecular weight excluding hydrogens is 580 g/mol. The minimum absolute atomic E-state index is 0.0280. The SMILES string of the molecule is CCC(C(=O)NC1CCCC1)N(Cc1ccc(Cl)c(Cl)c1)C(=O)CN(c1cc(Cl)cc(Cl)c1)S(C)(=O)=O. The van der Waals surface area contributed by atoms with Gasteiger partial charge in [0.05, 0.1) is 22.0 Å². The zero-order chi connectivity index (χ0) is 27.3. The fraction of sp³-hybridized carbons (Fsp3) is 0.440. The number of amides is 2. The fourth-order valence-electron chi connectivity index (χ4n) is 4.42. The molecule has 0 heterocycles. The molecule has 0 spiro atoms. The van der Waals surface area contributed by atoms with Crippen LogP contribution < -0.4 is 9.62 Å². The van der Waals surface area contributed by atoms with Crippen molar-refractivity contribution in [1.82, 2.24) is 10.2 Å². The molecule has 2 aromatic carbocycles. The van der Waals surface area contributed by atoms with E-state index < -0.39 is 28.5 Å². The maximum Gasteiger partial charge on any atom is 0.244 e. The van der Waals surface area contributed by atoms with E-state index in [1.807, 2.05) is 0 Å². The zero-order valence-electron chi connectivity index (χ0n) is 20.5. The third kappa shape index (κ3) is 8.14. The molecule has 7 nitrogen and oxygen atoms in total. The molecule has 37 heavy (non-hydrogen) atoms. The van der Waals surface area contributed by atoms with Gasteiger partial charge in [-0.15, -0.1) is 0 Å². The minimum atomic E-state index is -3.91. The van der Waals surface area contributed by atoms with Gasteiger partial charge in [0, 0.05) is 22.6 Å². The molecule has 12 heteroatoms. The number of hydrogen-bond acceptors (Lipinski definition) is 4. The first-order valence-electron chi connectivity index (χ1n) is 11.9. The van der Waals surface area contributed by atoms with Crippen LogP contribution in [-0.2, 0) is 26.2 Å². The molecule has 1 fully saturated rings. The molecule has 1 aliphatic carbocycles. The first-order chi connectivity index (χ1) is 17.4. The summed E-state index contributed by atoms with van der Waals surface area (Å²) in [7, 11) is -3.91. The topological polar surface area (TPSA) is 86.8 Å². The normalized spacial score (nSPS) is 14.9. The number of hydrogen-bond donors (Lipinski definition) is 1. The van der Waals surface area contributed by atoms with Crippen molar-refractivity contribution in [3.63, 3.8) is 0 Å². The molecule has 1 N–H and O–H groups in total. The molecule has 3 rings (SSSR count). The van der Waals surface area contributed by atoms with E-state index >= 15 is 0 Å². The number of carbonyl (C=O) groups excluding carboxylic acids is 2. The number of nitrogens with one attached hydrogen (secondary N) is 1. The molecule has 0 saturated heterocycles. The summed E-state index contributed by atoms with van der Waals surface area (Å²) in [5.41, 5.74) is 0.790. The van der Waals surface area contributed by atoms with Gasteiger partial charge >= 0.3 is 0 Å². The summed E-state index contributed by atoms with van der Waals surface area (Å²) in [6.07, 6.45) is 5.18. The second-order valence-corrected chi connectivity index (χ2v) is 12.7. The highest BCUT2D eigenvalue weighted by Gasteiger charge is 2.33. The summed E-state index contributed by atoms with van der Waals surface area (Å²) in [6.45, 7) is 1.28. The van der Waals surface area contributed by atoms with Crippen LogP contribution in [-0.4, -0.2) is 50.0 Å². The molecule has 1 unspecified atom stereocenters. The van der Waals surface area contributed by atoms with Crippen LogP contribution in [0.2, 0.25) is 20.1 Å². The lowest BCUT2D eigenvalue weighted by atomic mass is 10.1. The molecule has 1 saturated carbocycles. The molecule has 0 radical (unpaired) electrons. The van der Waals surface area contributed by atoms with Gasteiger partial charge < -0.3 is 10.2 Å².